The van der Waals surface area contributed by atoms with Crippen molar-refractivity contribution in [2.45, 2.75) is 12.8 Å². The van der Waals surface area contributed by atoms with Crippen LogP contribution in [0.3, 0.4) is 0 Å². The molecule has 4 nitrogen and oxygen atoms in total. The molecule has 1 aromatic rings. The first-order valence-electron chi connectivity index (χ1n) is 5.52. The maximum Gasteiger partial charge on any atom is 0.313 e. The van der Waals surface area contributed by atoms with E-state index in [1.165, 1.54) is 0 Å². The number of carbonyl (C=O) groups excluding carboxylic acids is 2. The Balaban J connectivity index is 1.99. The fraction of sp³-hybridized carbons (Fsp3) is 0.333. The Bertz CT molecular complexity index is 442. The molecule has 1 saturated heterocycles. The number of rotatable bonds is 1. The smallest absolute Gasteiger partial charge is 0.313 e. The van der Waals surface area contributed by atoms with E-state index in [0.717, 1.165) is 17.3 Å². The van der Waals surface area contributed by atoms with Crippen molar-refractivity contribution in [2.24, 2.45) is 0 Å². The molecule has 5 heteroatoms. The number of halogens is 1. The Hall–Kier alpha value is -1.36. The van der Waals surface area contributed by atoms with Gasteiger partial charge in [0.1, 0.15) is 0 Å². The van der Waals surface area contributed by atoms with E-state index in [4.69, 9.17) is 0 Å². The molecule has 1 aliphatic heterocycles. The van der Waals surface area contributed by atoms with E-state index in [1.807, 2.05) is 6.07 Å². The van der Waals surface area contributed by atoms with Crippen molar-refractivity contribution in [2.75, 3.05) is 18.4 Å². The molecule has 0 unspecified atom stereocenters. The van der Waals surface area contributed by atoms with Gasteiger partial charge < -0.3 is 10.2 Å². The van der Waals surface area contributed by atoms with E-state index in [9.17, 15) is 9.59 Å². The van der Waals surface area contributed by atoms with Crippen molar-refractivity contribution in [1.29, 1.82) is 0 Å². The van der Waals surface area contributed by atoms with Crippen molar-refractivity contribution >= 4 is 33.4 Å². The second-order valence-electron chi connectivity index (χ2n) is 3.96. The summed E-state index contributed by atoms with van der Waals surface area (Å²) in [6.45, 7) is 1.37. The number of nitrogens with one attached hydrogen (secondary N) is 1. The Morgan fingerprint density at radius 2 is 1.94 bits per heavy atom. The lowest BCUT2D eigenvalue weighted by atomic mass is 10.3. The van der Waals surface area contributed by atoms with E-state index in [2.05, 4.69) is 21.2 Å². The molecule has 2 rings (SSSR count). The summed E-state index contributed by atoms with van der Waals surface area (Å²) >= 11 is 3.31. The van der Waals surface area contributed by atoms with Gasteiger partial charge in [-0.15, -0.1) is 0 Å². The fourth-order valence-corrected chi connectivity index (χ4v) is 2.21. The number of likely N-dealkylation sites (tertiary alicyclic amines) is 1. The average molecular weight is 297 g/mol. The molecule has 17 heavy (non-hydrogen) atoms. The van der Waals surface area contributed by atoms with Crippen LogP contribution >= 0.6 is 15.9 Å². The third kappa shape index (κ3) is 3.06. The number of amides is 2. The average Bonchev–Trinajstić information content (AvgIpc) is 2.81. The molecule has 0 aliphatic carbocycles. The Morgan fingerprint density at radius 3 is 2.59 bits per heavy atom. The highest BCUT2D eigenvalue weighted by Gasteiger charge is 2.24. The van der Waals surface area contributed by atoms with Gasteiger partial charge in [-0.05, 0) is 31.0 Å². The largest absolute Gasteiger partial charge is 0.334 e. The number of anilines is 1. The maximum absolute atomic E-state index is 11.7. The zero-order chi connectivity index (χ0) is 12.3. The van der Waals surface area contributed by atoms with E-state index in [0.29, 0.717) is 18.8 Å². The molecular weight excluding hydrogens is 284 g/mol. The minimum atomic E-state index is -0.565. The molecule has 2 amide bonds. The van der Waals surface area contributed by atoms with Crippen LogP contribution in [0.15, 0.2) is 28.7 Å². The van der Waals surface area contributed by atoms with Crippen molar-refractivity contribution in [3.63, 3.8) is 0 Å². The summed E-state index contributed by atoms with van der Waals surface area (Å²) in [4.78, 5) is 25.0. The van der Waals surface area contributed by atoms with Crippen LogP contribution in [0, 0.1) is 0 Å². The van der Waals surface area contributed by atoms with Gasteiger partial charge in [-0.25, -0.2) is 0 Å². The second kappa shape index (κ2) is 5.31. The Morgan fingerprint density at radius 1 is 1.24 bits per heavy atom. The predicted molar refractivity (Wildman–Crippen MR) is 68.6 cm³/mol. The minimum absolute atomic E-state index is 0.442. The van der Waals surface area contributed by atoms with Gasteiger partial charge in [-0.3, -0.25) is 9.59 Å². The molecule has 0 radical (unpaired) electrons. The molecule has 0 saturated carbocycles. The van der Waals surface area contributed by atoms with Gasteiger partial charge >= 0.3 is 11.8 Å². The lowest BCUT2D eigenvalue weighted by Crippen LogP contribution is -2.37. The molecule has 0 spiro atoms. The molecule has 0 bridgehead atoms. The third-order valence-corrected chi connectivity index (χ3v) is 3.16. The summed E-state index contributed by atoms with van der Waals surface area (Å²) in [7, 11) is 0. The van der Waals surface area contributed by atoms with E-state index >= 15 is 0 Å². The fourth-order valence-electron chi connectivity index (χ4n) is 1.81. The first kappa shape index (κ1) is 12.1. The van der Waals surface area contributed by atoms with Crippen LogP contribution in [0.25, 0.3) is 0 Å². The summed E-state index contributed by atoms with van der Waals surface area (Å²) in [5, 5.41) is 2.60. The molecule has 0 aromatic heterocycles. The van der Waals surface area contributed by atoms with Crippen LogP contribution in [-0.4, -0.2) is 29.8 Å². The summed E-state index contributed by atoms with van der Waals surface area (Å²) in [6.07, 6.45) is 1.96. The Kier molecular flexibility index (Phi) is 3.78. The van der Waals surface area contributed by atoms with E-state index < -0.39 is 11.8 Å². The number of hydrogen-bond acceptors (Lipinski definition) is 2. The Labute approximate surface area is 108 Å². The molecule has 1 N–H and O–H groups in total. The van der Waals surface area contributed by atoms with Gasteiger partial charge in [-0.1, -0.05) is 22.0 Å². The highest BCUT2D eigenvalue weighted by atomic mass is 79.9. The minimum Gasteiger partial charge on any atom is -0.334 e. The maximum atomic E-state index is 11.7. The number of carbonyl (C=O) groups is 2. The quantitative estimate of drug-likeness (QED) is 0.806. The molecular formula is C12H13BrN2O2. The highest BCUT2D eigenvalue weighted by molar-refractivity contribution is 9.10. The van der Waals surface area contributed by atoms with Gasteiger partial charge in [0.05, 0.1) is 0 Å². The zero-order valence-corrected chi connectivity index (χ0v) is 10.9. The van der Waals surface area contributed by atoms with Crippen LogP contribution in [0.1, 0.15) is 12.8 Å². The SMILES string of the molecule is O=C(Nc1cccc(Br)c1)C(=O)N1CCCC1. The first-order valence-corrected chi connectivity index (χ1v) is 6.32. The van der Waals surface area contributed by atoms with Gasteiger partial charge in [-0.2, -0.15) is 0 Å². The molecule has 0 atom stereocenters. The van der Waals surface area contributed by atoms with Crippen LogP contribution in [0.4, 0.5) is 5.69 Å². The van der Waals surface area contributed by atoms with E-state index in [-0.39, 0.29) is 0 Å². The van der Waals surface area contributed by atoms with Crippen LogP contribution in [-0.2, 0) is 9.59 Å². The summed E-state index contributed by atoms with van der Waals surface area (Å²) in [6, 6.07) is 7.17. The van der Waals surface area contributed by atoms with Crippen molar-refractivity contribution in [3.8, 4) is 0 Å². The molecule has 1 aliphatic rings. The lowest BCUT2D eigenvalue weighted by Gasteiger charge is -2.14. The monoisotopic (exact) mass is 296 g/mol. The highest BCUT2D eigenvalue weighted by Crippen LogP contribution is 2.16. The predicted octanol–water partition coefficient (Wildman–Crippen LogP) is 2.01. The summed E-state index contributed by atoms with van der Waals surface area (Å²) < 4.78 is 0.865. The van der Waals surface area contributed by atoms with Crippen molar-refractivity contribution in [1.82, 2.24) is 4.90 Å². The molecule has 1 aromatic carbocycles. The lowest BCUT2D eigenvalue weighted by molar-refractivity contribution is -0.142. The third-order valence-electron chi connectivity index (χ3n) is 2.67. The number of benzene rings is 1. The van der Waals surface area contributed by atoms with Crippen molar-refractivity contribution in [3.05, 3.63) is 28.7 Å². The van der Waals surface area contributed by atoms with Gasteiger partial charge in [0.15, 0.2) is 0 Å². The van der Waals surface area contributed by atoms with Crippen molar-refractivity contribution < 1.29 is 9.59 Å². The standard InChI is InChI=1S/C12H13BrN2O2/c13-9-4-3-5-10(8-9)14-11(16)12(17)15-6-1-2-7-15/h3-5,8H,1-2,6-7H2,(H,14,16). The first-order chi connectivity index (χ1) is 8.16. The topological polar surface area (TPSA) is 49.4 Å². The van der Waals surface area contributed by atoms with E-state index in [1.54, 1.807) is 23.1 Å². The molecule has 1 heterocycles. The van der Waals surface area contributed by atoms with Crippen LogP contribution in [0.2, 0.25) is 0 Å². The van der Waals surface area contributed by atoms with Gasteiger partial charge in [0.2, 0.25) is 0 Å². The summed E-state index contributed by atoms with van der Waals surface area (Å²) in [5.74, 6) is -1.01. The molecule has 90 valence electrons. The number of nitrogens with zero attached hydrogens (tertiary/aromatic N) is 1. The van der Waals surface area contributed by atoms with Gasteiger partial charge in [0, 0.05) is 23.2 Å². The normalized spacial score (nSPS) is 14.8. The van der Waals surface area contributed by atoms with Crippen LogP contribution < -0.4 is 5.32 Å². The van der Waals surface area contributed by atoms with Crippen LogP contribution in [0.5, 0.6) is 0 Å². The summed E-state index contributed by atoms with van der Waals surface area (Å²) in [5.41, 5.74) is 0.622. The zero-order valence-electron chi connectivity index (χ0n) is 9.28. The number of hydrogen-bond donors (Lipinski definition) is 1. The molecule has 1 fully saturated rings. The van der Waals surface area contributed by atoms with Gasteiger partial charge in [0.25, 0.3) is 0 Å². The second-order valence-corrected chi connectivity index (χ2v) is 4.88.